The number of phenolic OH excluding ortho intramolecular Hbond substituents is 1. The largest absolute Gasteiger partial charge is 0.508 e. The molecule has 0 aliphatic heterocycles. The van der Waals surface area contributed by atoms with Gasteiger partial charge in [0.2, 0.25) is 0 Å². The minimum absolute atomic E-state index is 0.174. The zero-order chi connectivity index (χ0) is 16.7. The summed E-state index contributed by atoms with van der Waals surface area (Å²) in [6.45, 7) is 2.86. The van der Waals surface area contributed by atoms with Crippen molar-refractivity contribution < 1.29 is 10.2 Å². The average molecular weight is 314 g/mol. The molecule has 124 valence electrons. The number of hydrogen-bond donors (Lipinski definition) is 4. The monoisotopic (exact) mass is 314 g/mol. The van der Waals surface area contributed by atoms with Crippen molar-refractivity contribution in [3.63, 3.8) is 0 Å². The first-order valence-electron chi connectivity index (χ1n) is 8.07. The second-order valence-electron chi connectivity index (χ2n) is 5.94. The van der Waals surface area contributed by atoms with Gasteiger partial charge in [-0.3, -0.25) is 0 Å². The first kappa shape index (κ1) is 17.5. The van der Waals surface area contributed by atoms with Crippen LogP contribution in [0.3, 0.4) is 0 Å². The van der Waals surface area contributed by atoms with Gasteiger partial charge in [-0.25, -0.2) is 0 Å². The summed E-state index contributed by atoms with van der Waals surface area (Å²) in [5.41, 5.74) is 8.33. The lowest BCUT2D eigenvalue weighted by atomic mass is 10.0. The third-order valence-electron chi connectivity index (χ3n) is 4.08. The van der Waals surface area contributed by atoms with Crippen molar-refractivity contribution in [2.24, 2.45) is 5.73 Å². The zero-order valence-corrected chi connectivity index (χ0v) is 13.6. The quantitative estimate of drug-likeness (QED) is 0.604. The summed E-state index contributed by atoms with van der Waals surface area (Å²) in [4.78, 5) is 0. The van der Waals surface area contributed by atoms with Gasteiger partial charge in [-0.2, -0.15) is 0 Å². The van der Waals surface area contributed by atoms with E-state index in [4.69, 9.17) is 5.73 Å². The lowest BCUT2D eigenvalue weighted by molar-refractivity contribution is 0.170. The molecule has 4 nitrogen and oxygen atoms in total. The van der Waals surface area contributed by atoms with Gasteiger partial charge in [0.05, 0.1) is 6.10 Å². The van der Waals surface area contributed by atoms with E-state index < -0.39 is 6.10 Å². The van der Waals surface area contributed by atoms with E-state index in [0.29, 0.717) is 18.2 Å². The number of aryl methyl sites for hydroxylation is 1. The number of nitrogens with one attached hydrogen (secondary N) is 1. The molecule has 2 aromatic carbocycles. The number of aliphatic hydroxyl groups is 1. The van der Waals surface area contributed by atoms with Gasteiger partial charge in [0.15, 0.2) is 0 Å². The van der Waals surface area contributed by atoms with Crippen molar-refractivity contribution in [2.75, 3.05) is 6.54 Å². The van der Waals surface area contributed by atoms with Gasteiger partial charge in [0.25, 0.3) is 0 Å². The normalized spacial score (nSPS) is 13.7. The number of phenols is 1. The molecular weight excluding hydrogens is 288 g/mol. The Hall–Kier alpha value is -1.88. The Balaban J connectivity index is 1.80. The minimum atomic E-state index is -0.611. The van der Waals surface area contributed by atoms with E-state index in [-0.39, 0.29) is 12.3 Å². The molecule has 0 spiro atoms. The van der Waals surface area contributed by atoms with Crippen LogP contribution in [0.25, 0.3) is 0 Å². The number of aliphatic hydroxyl groups excluding tert-OH is 1. The summed E-state index contributed by atoms with van der Waals surface area (Å²) in [5, 5.41) is 23.3. The predicted octanol–water partition coefficient (Wildman–Crippen LogP) is 2.50. The van der Waals surface area contributed by atoms with E-state index >= 15 is 0 Å². The second-order valence-corrected chi connectivity index (χ2v) is 5.94. The smallest absolute Gasteiger partial charge is 0.120 e. The molecular formula is C19H26N2O2. The molecule has 0 bridgehead atoms. The van der Waals surface area contributed by atoms with Gasteiger partial charge in [-0.1, -0.05) is 36.4 Å². The molecule has 0 radical (unpaired) electrons. The molecule has 0 fully saturated rings. The first-order chi connectivity index (χ1) is 11.1. The van der Waals surface area contributed by atoms with Gasteiger partial charge in [-0.15, -0.1) is 0 Å². The number of rotatable bonds is 8. The Labute approximate surface area is 138 Å². The summed E-state index contributed by atoms with van der Waals surface area (Å²) < 4.78 is 0. The fourth-order valence-corrected chi connectivity index (χ4v) is 2.54. The van der Waals surface area contributed by atoms with Crippen LogP contribution in [0.2, 0.25) is 0 Å². The van der Waals surface area contributed by atoms with Gasteiger partial charge in [0.1, 0.15) is 5.75 Å². The van der Waals surface area contributed by atoms with Crippen LogP contribution < -0.4 is 11.1 Å². The van der Waals surface area contributed by atoms with Gasteiger partial charge in [-0.05, 0) is 43.0 Å². The van der Waals surface area contributed by atoms with Gasteiger partial charge < -0.3 is 21.3 Å². The van der Waals surface area contributed by atoms with E-state index in [0.717, 1.165) is 18.4 Å². The SMILES string of the molecule is CC(CCc1ccccc1)NCC(O)c1ccc(O)c(CN)c1. The lowest BCUT2D eigenvalue weighted by Crippen LogP contribution is -2.30. The van der Waals surface area contributed by atoms with Crippen LogP contribution in [-0.2, 0) is 13.0 Å². The van der Waals surface area contributed by atoms with Crippen LogP contribution in [0.4, 0.5) is 0 Å². The first-order valence-corrected chi connectivity index (χ1v) is 8.07. The lowest BCUT2D eigenvalue weighted by Gasteiger charge is -2.18. The molecule has 0 heterocycles. The Morgan fingerprint density at radius 2 is 1.87 bits per heavy atom. The molecule has 0 aromatic heterocycles. The summed E-state index contributed by atoms with van der Waals surface area (Å²) in [5.74, 6) is 0.174. The summed E-state index contributed by atoms with van der Waals surface area (Å²) in [7, 11) is 0. The van der Waals surface area contributed by atoms with Crippen molar-refractivity contribution in [1.82, 2.24) is 5.32 Å². The Morgan fingerprint density at radius 1 is 1.13 bits per heavy atom. The Kier molecular flexibility index (Phi) is 6.59. The van der Waals surface area contributed by atoms with Crippen molar-refractivity contribution in [2.45, 2.75) is 38.5 Å². The molecule has 0 amide bonds. The molecule has 0 aliphatic rings. The van der Waals surface area contributed by atoms with Crippen LogP contribution >= 0.6 is 0 Å². The Morgan fingerprint density at radius 3 is 2.57 bits per heavy atom. The van der Waals surface area contributed by atoms with E-state index in [1.165, 1.54) is 5.56 Å². The highest BCUT2D eigenvalue weighted by molar-refractivity contribution is 5.36. The van der Waals surface area contributed by atoms with E-state index in [1.807, 2.05) is 6.07 Å². The molecule has 0 saturated carbocycles. The molecule has 0 aliphatic carbocycles. The summed E-state index contributed by atoms with van der Waals surface area (Å²) in [6, 6.07) is 15.8. The van der Waals surface area contributed by atoms with Crippen molar-refractivity contribution >= 4 is 0 Å². The molecule has 5 N–H and O–H groups in total. The maximum absolute atomic E-state index is 10.3. The molecule has 4 heteroatoms. The van der Waals surface area contributed by atoms with Crippen molar-refractivity contribution in [1.29, 1.82) is 0 Å². The van der Waals surface area contributed by atoms with Gasteiger partial charge in [0, 0.05) is 24.7 Å². The molecule has 2 aromatic rings. The van der Waals surface area contributed by atoms with Crippen LogP contribution in [0, 0.1) is 0 Å². The highest BCUT2D eigenvalue weighted by atomic mass is 16.3. The van der Waals surface area contributed by atoms with Crippen molar-refractivity contribution in [3.8, 4) is 5.75 Å². The van der Waals surface area contributed by atoms with Crippen LogP contribution in [0.5, 0.6) is 5.75 Å². The molecule has 2 unspecified atom stereocenters. The molecule has 2 atom stereocenters. The predicted molar refractivity (Wildman–Crippen MR) is 93.2 cm³/mol. The minimum Gasteiger partial charge on any atom is -0.508 e. The highest BCUT2D eigenvalue weighted by Gasteiger charge is 2.11. The topological polar surface area (TPSA) is 78.5 Å². The number of aromatic hydroxyl groups is 1. The molecule has 23 heavy (non-hydrogen) atoms. The maximum atomic E-state index is 10.3. The second kappa shape index (κ2) is 8.67. The third kappa shape index (κ3) is 5.36. The summed E-state index contributed by atoms with van der Waals surface area (Å²) in [6.07, 6.45) is 1.42. The highest BCUT2D eigenvalue weighted by Crippen LogP contribution is 2.22. The van der Waals surface area contributed by atoms with Gasteiger partial charge >= 0.3 is 0 Å². The van der Waals surface area contributed by atoms with Crippen molar-refractivity contribution in [3.05, 3.63) is 65.2 Å². The third-order valence-corrected chi connectivity index (χ3v) is 4.08. The fourth-order valence-electron chi connectivity index (χ4n) is 2.54. The van der Waals surface area contributed by atoms with E-state index in [2.05, 4.69) is 36.5 Å². The van der Waals surface area contributed by atoms with Crippen LogP contribution in [0.1, 0.15) is 36.1 Å². The van der Waals surface area contributed by atoms with E-state index in [1.54, 1.807) is 18.2 Å². The number of hydrogen-bond acceptors (Lipinski definition) is 4. The summed E-state index contributed by atoms with van der Waals surface area (Å²) >= 11 is 0. The standard InChI is InChI=1S/C19H26N2O2/c1-14(7-8-15-5-3-2-4-6-15)21-13-19(23)16-9-10-18(22)17(11-16)12-20/h2-6,9-11,14,19,21-23H,7-8,12-13,20H2,1H3. The van der Waals surface area contributed by atoms with Crippen LogP contribution in [0.15, 0.2) is 48.5 Å². The maximum Gasteiger partial charge on any atom is 0.120 e. The Bertz CT molecular complexity index is 602. The average Bonchev–Trinajstić information content (AvgIpc) is 2.59. The zero-order valence-electron chi connectivity index (χ0n) is 13.6. The van der Waals surface area contributed by atoms with Crippen LogP contribution in [-0.4, -0.2) is 22.8 Å². The molecule has 0 saturated heterocycles. The fraction of sp³-hybridized carbons (Fsp3) is 0.368. The number of benzene rings is 2. The van der Waals surface area contributed by atoms with E-state index in [9.17, 15) is 10.2 Å². The molecule has 2 rings (SSSR count). The number of nitrogens with two attached hydrogens (primary N) is 1.